The van der Waals surface area contributed by atoms with E-state index < -0.39 is 0 Å². The molecule has 0 atom stereocenters. The van der Waals surface area contributed by atoms with Crippen molar-refractivity contribution in [3.63, 3.8) is 0 Å². The number of aromatic nitrogens is 3. The molecular formula is C16H13N5O. The predicted molar refractivity (Wildman–Crippen MR) is 83.9 cm³/mol. The molecule has 2 N–H and O–H groups in total. The number of pyridine rings is 1. The largest absolute Gasteiger partial charge is 0.324 e. The highest BCUT2D eigenvalue weighted by Gasteiger charge is 2.07. The fourth-order valence-corrected chi connectivity index (χ4v) is 1.86. The van der Waals surface area contributed by atoms with E-state index in [-0.39, 0.29) is 5.91 Å². The molecule has 22 heavy (non-hydrogen) atoms. The molecule has 2 heterocycles. The summed E-state index contributed by atoms with van der Waals surface area (Å²) in [6, 6.07) is 14.2. The van der Waals surface area contributed by atoms with Crippen LogP contribution in [0.2, 0.25) is 0 Å². The van der Waals surface area contributed by atoms with Crippen LogP contribution in [0.4, 0.5) is 17.5 Å². The number of carbonyl (C=O) groups excluding carboxylic acids is 1. The molecule has 0 fully saturated rings. The zero-order valence-electron chi connectivity index (χ0n) is 11.6. The smallest absolute Gasteiger partial charge is 0.256 e. The summed E-state index contributed by atoms with van der Waals surface area (Å²) in [5, 5.41) is 5.79. The molecule has 3 aromatic rings. The van der Waals surface area contributed by atoms with Gasteiger partial charge in [-0.2, -0.15) is 0 Å². The summed E-state index contributed by atoms with van der Waals surface area (Å²) < 4.78 is 0. The lowest BCUT2D eigenvalue weighted by atomic mass is 10.2. The van der Waals surface area contributed by atoms with Crippen molar-refractivity contribution in [3.8, 4) is 0 Å². The zero-order valence-corrected chi connectivity index (χ0v) is 11.6. The Balaban J connectivity index is 1.75. The highest BCUT2D eigenvalue weighted by atomic mass is 16.1. The summed E-state index contributed by atoms with van der Waals surface area (Å²) in [6.07, 6.45) is 4.92. The Morgan fingerprint density at radius 1 is 0.864 bits per heavy atom. The standard InChI is InChI=1S/C16H13N5O/c22-15(21-14-7-1-2-8-17-14)12-5-3-6-13(11-12)20-16-18-9-4-10-19-16/h1-11H,(H,17,21,22)(H,18,19,20). The fourth-order valence-electron chi connectivity index (χ4n) is 1.86. The molecule has 6 heteroatoms. The van der Waals surface area contributed by atoms with Crippen LogP contribution in [0.5, 0.6) is 0 Å². The number of hydrogen-bond donors (Lipinski definition) is 2. The van der Waals surface area contributed by atoms with Gasteiger partial charge in [-0.1, -0.05) is 12.1 Å². The van der Waals surface area contributed by atoms with Crippen LogP contribution in [0, 0.1) is 0 Å². The molecule has 0 unspecified atom stereocenters. The monoisotopic (exact) mass is 291 g/mol. The highest BCUT2D eigenvalue weighted by Crippen LogP contribution is 2.15. The van der Waals surface area contributed by atoms with E-state index in [1.165, 1.54) is 0 Å². The lowest BCUT2D eigenvalue weighted by molar-refractivity contribution is 0.102. The van der Waals surface area contributed by atoms with Crippen molar-refractivity contribution < 1.29 is 4.79 Å². The SMILES string of the molecule is O=C(Nc1ccccn1)c1cccc(Nc2ncccn2)c1. The average Bonchev–Trinajstić information content (AvgIpc) is 2.57. The van der Waals surface area contributed by atoms with Crippen LogP contribution in [0.15, 0.2) is 67.1 Å². The highest BCUT2D eigenvalue weighted by molar-refractivity contribution is 6.04. The molecule has 1 aromatic carbocycles. The maximum Gasteiger partial charge on any atom is 0.256 e. The van der Waals surface area contributed by atoms with Gasteiger partial charge in [0.25, 0.3) is 5.91 Å². The van der Waals surface area contributed by atoms with Gasteiger partial charge in [0.2, 0.25) is 5.95 Å². The van der Waals surface area contributed by atoms with Gasteiger partial charge in [0.15, 0.2) is 0 Å². The van der Waals surface area contributed by atoms with E-state index in [9.17, 15) is 4.79 Å². The van der Waals surface area contributed by atoms with Gasteiger partial charge in [-0.15, -0.1) is 0 Å². The molecule has 0 radical (unpaired) electrons. The van der Waals surface area contributed by atoms with Gasteiger partial charge in [0.1, 0.15) is 5.82 Å². The molecule has 0 aliphatic heterocycles. The minimum Gasteiger partial charge on any atom is -0.324 e. The van der Waals surface area contributed by atoms with Crippen LogP contribution in [-0.2, 0) is 0 Å². The first kappa shape index (κ1) is 13.7. The molecule has 6 nitrogen and oxygen atoms in total. The molecule has 0 bridgehead atoms. The van der Waals surface area contributed by atoms with E-state index in [2.05, 4.69) is 25.6 Å². The first-order valence-electron chi connectivity index (χ1n) is 6.68. The van der Waals surface area contributed by atoms with E-state index in [1.807, 2.05) is 12.1 Å². The number of hydrogen-bond acceptors (Lipinski definition) is 5. The number of anilines is 3. The van der Waals surface area contributed by atoms with E-state index >= 15 is 0 Å². The van der Waals surface area contributed by atoms with Gasteiger partial charge in [-0.3, -0.25) is 4.79 Å². The van der Waals surface area contributed by atoms with Gasteiger partial charge in [-0.05, 0) is 36.4 Å². The van der Waals surface area contributed by atoms with Crippen LogP contribution in [-0.4, -0.2) is 20.9 Å². The normalized spacial score (nSPS) is 10.0. The van der Waals surface area contributed by atoms with Gasteiger partial charge >= 0.3 is 0 Å². The number of rotatable bonds is 4. The number of nitrogens with zero attached hydrogens (tertiary/aromatic N) is 3. The summed E-state index contributed by atoms with van der Waals surface area (Å²) in [6.45, 7) is 0. The van der Waals surface area contributed by atoms with Crippen molar-refractivity contribution >= 4 is 23.4 Å². The minimum absolute atomic E-state index is 0.226. The predicted octanol–water partition coefficient (Wildman–Crippen LogP) is 2.87. The van der Waals surface area contributed by atoms with Gasteiger partial charge < -0.3 is 10.6 Å². The Morgan fingerprint density at radius 2 is 1.68 bits per heavy atom. The Hall–Kier alpha value is -3.28. The maximum atomic E-state index is 12.2. The van der Waals surface area contributed by atoms with Crippen LogP contribution >= 0.6 is 0 Å². The van der Waals surface area contributed by atoms with E-state index in [0.29, 0.717) is 17.3 Å². The first-order chi connectivity index (χ1) is 10.8. The second kappa shape index (κ2) is 6.45. The Bertz CT molecular complexity index is 762. The summed E-state index contributed by atoms with van der Waals surface area (Å²) in [5.74, 6) is 0.762. The van der Waals surface area contributed by atoms with Crippen molar-refractivity contribution in [1.82, 2.24) is 15.0 Å². The third-order valence-electron chi connectivity index (χ3n) is 2.85. The zero-order chi connectivity index (χ0) is 15.2. The van der Waals surface area contributed by atoms with Crippen LogP contribution in [0.3, 0.4) is 0 Å². The van der Waals surface area contributed by atoms with Gasteiger partial charge in [0, 0.05) is 29.8 Å². The van der Waals surface area contributed by atoms with E-state index in [1.54, 1.807) is 55.0 Å². The van der Waals surface area contributed by atoms with Crippen molar-refractivity contribution in [2.75, 3.05) is 10.6 Å². The lowest BCUT2D eigenvalue weighted by Crippen LogP contribution is -2.13. The van der Waals surface area contributed by atoms with Gasteiger partial charge in [-0.25, -0.2) is 15.0 Å². The summed E-state index contributed by atoms with van der Waals surface area (Å²) in [4.78, 5) is 24.4. The molecule has 1 amide bonds. The molecule has 0 spiro atoms. The molecule has 0 saturated heterocycles. The van der Waals surface area contributed by atoms with Crippen molar-refractivity contribution in [2.24, 2.45) is 0 Å². The van der Waals surface area contributed by atoms with Crippen molar-refractivity contribution in [1.29, 1.82) is 0 Å². The molecule has 0 aliphatic carbocycles. The summed E-state index contributed by atoms with van der Waals surface area (Å²) >= 11 is 0. The third kappa shape index (κ3) is 3.43. The van der Waals surface area contributed by atoms with Crippen molar-refractivity contribution in [3.05, 3.63) is 72.7 Å². The van der Waals surface area contributed by atoms with Crippen LogP contribution in [0.25, 0.3) is 0 Å². The summed E-state index contributed by atoms with van der Waals surface area (Å²) in [5.41, 5.74) is 1.26. The van der Waals surface area contributed by atoms with E-state index in [4.69, 9.17) is 0 Å². The maximum absolute atomic E-state index is 12.2. The van der Waals surface area contributed by atoms with Crippen LogP contribution < -0.4 is 10.6 Å². The lowest BCUT2D eigenvalue weighted by Gasteiger charge is -2.07. The fraction of sp³-hybridized carbons (Fsp3) is 0. The van der Waals surface area contributed by atoms with Gasteiger partial charge in [0.05, 0.1) is 0 Å². The second-order valence-corrected chi connectivity index (χ2v) is 4.45. The topological polar surface area (TPSA) is 79.8 Å². The average molecular weight is 291 g/mol. The molecule has 0 saturated carbocycles. The van der Waals surface area contributed by atoms with Crippen molar-refractivity contribution in [2.45, 2.75) is 0 Å². The summed E-state index contributed by atoms with van der Waals surface area (Å²) in [7, 11) is 0. The quantitative estimate of drug-likeness (QED) is 0.772. The Labute approximate surface area is 127 Å². The second-order valence-electron chi connectivity index (χ2n) is 4.45. The number of benzene rings is 1. The number of carbonyl (C=O) groups is 1. The number of nitrogens with one attached hydrogen (secondary N) is 2. The number of amides is 1. The Morgan fingerprint density at radius 3 is 2.45 bits per heavy atom. The van der Waals surface area contributed by atoms with E-state index in [0.717, 1.165) is 5.69 Å². The molecule has 2 aromatic heterocycles. The van der Waals surface area contributed by atoms with Crippen LogP contribution in [0.1, 0.15) is 10.4 Å². The molecular weight excluding hydrogens is 278 g/mol. The molecule has 108 valence electrons. The molecule has 0 aliphatic rings. The minimum atomic E-state index is -0.226. The Kier molecular flexibility index (Phi) is 4.01. The first-order valence-corrected chi connectivity index (χ1v) is 6.68. The third-order valence-corrected chi connectivity index (χ3v) is 2.85. The molecule has 3 rings (SSSR count).